The Hall–Kier alpha value is -4.81. The number of nitrogens with one attached hydrogen (secondary N) is 1. The first-order chi connectivity index (χ1) is 23.1. The Bertz CT molecular complexity index is 1770. The highest BCUT2D eigenvalue weighted by Crippen LogP contribution is 2.40. The topological polar surface area (TPSA) is 121 Å². The molecule has 0 aliphatic carbocycles. The van der Waals surface area contributed by atoms with Gasteiger partial charge in [0.2, 0.25) is 5.16 Å². The average Bonchev–Trinajstić information content (AvgIpc) is 3.61. The number of aliphatic hydroxyl groups is 1. The van der Waals surface area contributed by atoms with Crippen LogP contribution in [0.2, 0.25) is 0 Å². The second-order valence-electron chi connectivity index (χ2n) is 10.9. The molecule has 2 heterocycles. The number of para-hydroxylation sites is 1. The van der Waals surface area contributed by atoms with Crippen molar-refractivity contribution >= 4 is 17.9 Å². The molecular weight excluding hydrogens is 614 g/mol. The molecule has 5 aromatic rings. The van der Waals surface area contributed by atoms with Crippen LogP contribution in [0, 0.1) is 0 Å². The van der Waals surface area contributed by atoms with Crippen LogP contribution < -0.4 is 5.32 Å². The third-order valence-corrected chi connectivity index (χ3v) is 8.72. The van der Waals surface area contributed by atoms with E-state index in [1.54, 1.807) is 16.4 Å². The maximum atomic E-state index is 11.8. The van der Waals surface area contributed by atoms with E-state index in [9.17, 15) is 9.90 Å². The molecule has 0 spiro atoms. The van der Waals surface area contributed by atoms with Gasteiger partial charge in [-0.25, -0.2) is 4.79 Å². The van der Waals surface area contributed by atoms with Gasteiger partial charge < -0.3 is 24.6 Å². The molecule has 0 unspecified atom stereocenters. The Morgan fingerprint density at radius 1 is 0.957 bits per heavy atom. The molecule has 1 aliphatic rings. The van der Waals surface area contributed by atoms with Crippen molar-refractivity contribution in [3.05, 3.63) is 138 Å². The lowest BCUT2D eigenvalue weighted by Gasteiger charge is -2.36. The van der Waals surface area contributed by atoms with Gasteiger partial charge in [0, 0.05) is 24.3 Å². The summed E-state index contributed by atoms with van der Waals surface area (Å²) in [5, 5.41) is 25.3. The zero-order chi connectivity index (χ0) is 32.4. The van der Waals surface area contributed by atoms with E-state index in [1.807, 2.05) is 103 Å². The minimum Gasteiger partial charge on any atom is -0.445 e. The number of tetrazole rings is 1. The molecule has 11 heteroatoms. The van der Waals surface area contributed by atoms with E-state index in [1.165, 1.54) is 6.08 Å². The average molecular weight is 650 g/mol. The number of thioether (sulfide) groups is 1. The predicted octanol–water partition coefficient (Wildman–Crippen LogP) is 6.57. The molecule has 1 aromatic heterocycles. The number of aromatic nitrogens is 4. The molecule has 0 radical (unpaired) electrons. The number of carbonyl (C=O) groups excluding carboxylic acids is 1. The molecule has 1 saturated heterocycles. The van der Waals surface area contributed by atoms with Gasteiger partial charge in [-0.05, 0) is 56.4 Å². The number of nitrogens with zero attached hydrogens (tertiary/aromatic N) is 4. The number of rotatable bonds is 12. The molecule has 3 atom stereocenters. The second-order valence-corrected chi connectivity index (χ2v) is 11.9. The normalized spacial score (nSPS) is 17.6. The van der Waals surface area contributed by atoms with Crippen molar-refractivity contribution < 1.29 is 24.1 Å². The first kappa shape index (κ1) is 32.1. The van der Waals surface area contributed by atoms with E-state index in [0.29, 0.717) is 23.9 Å². The Labute approximate surface area is 277 Å². The number of ether oxygens (including phenoxy) is 3. The molecule has 1 amide bonds. The Balaban J connectivity index is 1.17. The third-order valence-electron chi connectivity index (χ3n) is 7.67. The van der Waals surface area contributed by atoms with Crippen LogP contribution in [0.4, 0.5) is 4.79 Å². The first-order valence-electron chi connectivity index (χ1n) is 15.3. The molecule has 10 nitrogen and oxygen atoms in total. The minimum atomic E-state index is -0.590. The molecule has 47 heavy (non-hydrogen) atoms. The molecule has 6 rings (SSSR count). The van der Waals surface area contributed by atoms with Crippen molar-refractivity contribution in [2.45, 2.75) is 43.2 Å². The van der Waals surface area contributed by atoms with Crippen LogP contribution in [0.1, 0.15) is 41.1 Å². The van der Waals surface area contributed by atoms with E-state index in [4.69, 9.17) is 14.2 Å². The van der Waals surface area contributed by atoms with Crippen LogP contribution >= 0.6 is 11.8 Å². The summed E-state index contributed by atoms with van der Waals surface area (Å²) in [6, 6.07) is 33.8. The van der Waals surface area contributed by atoms with Gasteiger partial charge in [-0.15, -0.1) is 5.10 Å². The monoisotopic (exact) mass is 649 g/mol. The molecule has 240 valence electrons. The van der Waals surface area contributed by atoms with Crippen molar-refractivity contribution in [1.29, 1.82) is 0 Å². The van der Waals surface area contributed by atoms with Gasteiger partial charge in [-0.3, -0.25) is 0 Å². The van der Waals surface area contributed by atoms with Gasteiger partial charge in [-0.2, -0.15) is 4.68 Å². The van der Waals surface area contributed by atoms with Crippen molar-refractivity contribution in [3.8, 4) is 16.8 Å². The minimum absolute atomic E-state index is 0.0129. The van der Waals surface area contributed by atoms with Gasteiger partial charge in [0.05, 0.1) is 24.5 Å². The fraction of sp³-hybridized carbons (Fsp3) is 0.222. The van der Waals surface area contributed by atoms with Crippen LogP contribution in [0.25, 0.3) is 16.8 Å². The second kappa shape index (κ2) is 15.7. The summed E-state index contributed by atoms with van der Waals surface area (Å²) < 4.78 is 19.8. The van der Waals surface area contributed by atoms with Crippen LogP contribution in [0.15, 0.2) is 121 Å². The summed E-state index contributed by atoms with van der Waals surface area (Å²) in [6.45, 7) is 4.05. The Morgan fingerprint density at radius 3 is 2.51 bits per heavy atom. The summed E-state index contributed by atoms with van der Waals surface area (Å²) in [6.07, 6.45) is 0.743. The largest absolute Gasteiger partial charge is 0.445 e. The summed E-state index contributed by atoms with van der Waals surface area (Å²) in [7, 11) is 0. The summed E-state index contributed by atoms with van der Waals surface area (Å²) in [5.74, 6) is 0.623. The van der Waals surface area contributed by atoms with Gasteiger partial charge >= 0.3 is 6.09 Å². The van der Waals surface area contributed by atoms with Gasteiger partial charge in [0.1, 0.15) is 6.61 Å². The smallest absolute Gasteiger partial charge is 0.407 e. The SMILES string of the molecule is C=CCOC(=O)NCc1cccc(-c2ccc([C@@H]3O[C@H](CSc4nnnn4-c4ccccc4)C[C@H](c4ccc(CO)cc4)O3)cc2)c1. The van der Waals surface area contributed by atoms with Crippen LogP contribution in [0.3, 0.4) is 0 Å². The van der Waals surface area contributed by atoms with Crippen LogP contribution in [-0.2, 0) is 27.4 Å². The molecule has 1 aliphatic heterocycles. The lowest BCUT2D eigenvalue weighted by molar-refractivity contribution is -0.245. The number of hydrogen-bond donors (Lipinski definition) is 2. The molecular formula is C36H35N5O5S. The van der Waals surface area contributed by atoms with Gasteiger partial charge in [0.15, 0.2) is 6.29 Å². The lowest BCUT2D eigenvalue weighted by Crippen LogP contribution is -2.31. The summed E-state index contributed by atoms with van der Waals surface area (Å²) in [4.78, 5) is 11.8. The molecule has 0 bridgehead atoms. The fourth-order valence-corrected chi connectivity index (χ4v) is 6.15. The summed E-state index contributed by atoms with van der Waals surface area (Å²) >= 11 is 1.54. The highest BCUT2D eigenvalue weighted by atomic mass is 32.2. The van der Waals surface area contributed by atoms with E-state index >= 15 is 0 Å². The molecule has 0 saturated carbocycles. The summed E-state index contributed by atoms with van der Waals surface area (Å²) in [5.41, 5.74) is 6.66. The van der Waals surface area contributed by atoms with Crippen molar-refractivity contribution in [2.75, 3.05) is 12.4 Å². The van der Waals surface area contributed by atoms with Crippen molar-refractivity contribution in [3.63, 3.8) is 0 Å². The van der Waals surface area contributed by atoms with Gasteiger partial charge in [0.25, 0.3) is 0 Å². The number of benzene rings is 4. The van der Waals surface area contributed by atoms with E-state index in [-0.39, 0.29) is 25.4 Å². The molecule has 2 N–H and O–H groups in total. The highest BCUT2D eigenvalue weighted by Gasteiger charge is 2.32. The Kier molecular flexibility index (Phi) is 10.7. The van der Waals surface area contributed by atoms with E-state index < -0.39 is 12.4 Å². The highest BCUT2D eigenvalue weighted by molar-refractivity contribution is 7.99. The van der Waals surface area contributed by atoms with E-state index in [2.05, 4.69) is 27.4 Å². The van der Waals surface area contributed by atoms with Crippen LogP contribution in [-0.4, -0.2) is 49.9 Å². The van der Waals surface area contributed by atoms with Crippen molar-refractivity contribution in [2.24, 2.45) is 0 Å². The van der Waals surface area contributed by atoms with E-state index in [0.717, 1.165) is 39.1 Å². The maximum Gasteiger partial charge on any atom is 0.407 e. The van der Waals surface area contributed by atoms with Crippen LogP contribution in [0.5, 0.6) is 0 Å². The quantitative estimate of drug-likeness (QED) is 0.114. The lowest BCUT2D eigenvalue weighted by atomic mass is 9.99. The maximum absolute atomic E-state index is 11.8. The number of carbonyl (C=O) groups is 1. The number of alkyl carbamates (subject to hydrolysis) is 1. The zero-order valence-electron chi connectivity index (χ0n) is 25.6. The van der Waals surface area contributed by atoms with Crippen molar-refractivity contribution in [1.82, 2.24) is 25.5 Å². The predicted molar refractivity (Wildman–Crippen MR) is 179 cm³/mol. The molecule has 1 fully saturated rings. The Morgan fingerprint density at radius 2 is 1.74 bits per heavy atom. The van der Waals surface area contributed by atoms with Gasteiger partial charge in [-0.1, -0.05) is 109 Å². The third kappa shape index (κ3) is 8.32. The fourth-order valence-electron chi connectivity index (χ4n) is 5.24. The number of amides is 1. The number of hydrogen-bond acceptors (Lipinski definition) is 9. The molecule has 4 aromatic carbocycles. The zero-order valence-corrected chi connectivity index (χ0v) is 26.5. The standard InChI is InChI=1S/C36H35N5O5S/c1-2-19-44-36(43)37-22-26-7-6-8-30(20-26)27-15-17-29(18-16-27)34-45-32(21-33(46-34)28-13-11-25(23-42)12-14-28)24-47-35-38-39-40-41(35)31-9-4-3-5-10-31/h2-18,20,32-34,42H,1,19,21-24H2,(H,37,43)/t32-,33+,34+/m0/s1. The number of aliphatic hydroxyl groups excluding tert-OH is 1. The first-order valence-corrected chi connectivity index (χ1v) is 16.3.